The van der Waals surface area contributed by atoms with Crippen molar-refractivity contribution in [3.8, 4) is 0 Å². The van der Waals surface area contributed by atoms with E-state index in [0.29, 0.717) is 6.42 Å². The molecule has 118 valence electrons. The molecule has 1 fully saturated rings. The van der Waals surface area contributed by atoms with Crippen LogP contribution >= 0.6 is 0 Å². The first-order valence-corrected chi connectivity index (χ1v) is 7.45. The Labute approximate surface area is 122 Å². The van der Waals surface area contributed by atoms with Crippen molar-refractivity contribution < 1.29 is 14.6 Å². The van der Waals surface area contributed by atoms with Gasteiger partial charge in [-0.2, -0.15) is 0 Å². The summed E-state index contributed by atoms with van der Waals surface area (Å²) in [6, 6.07) is 0.149. The maximum atomic E-state index is 11.5. The van der Waals surface area contributed by atoms with Gasteiger partial charge in [-0.15, -0.1) is 0 Å². The van der Waals surface area contributed by atoms with Crippen LogP contribution in [0, 0.1) is 0 Å². The number of carboxylic acid groups (broad SMARTS) is 1. The first-order chi connectivity index (χ1) is 9.04. The van der Waals surface area contributed by atoms with Crippen LogP contribution < -0.4 is 5.32 Å². The van der Waals surface area contributed by atoms with Gasteiger partial charge in [0.15, 0.2) is 0 Å². The highest BCUT2D eigenvalue weighted by molar-refractivity contribution is 5.78. The Morgan fingerprint density at radius 2 is 2.15 bits per heavy atom. The molecule has 0 aromatic heterocycles. The van der Waals surface area contributed by atoms with Gasteiger partial charge in [-0.3, -0.25) is 15.0 Å². The summed E-state index contributed by atoms with van der Waals surface area (Å²) in [5, 5.41) is 12.6. The van der Waals surface area contributed by atoms with E-state index in [2.05, 4.69) is 31.0 Å². The fourth-order valence-electron chi connectivity index (χ4n) is 3.02. The van der Waals surface area contributed by atoms with Gasteiger partial charge in [0.05, 0.1) is 11.7 Å². The fraction of sp³-hybridized carbons (Fsp3) is 0.933. The van der Waals surface area contributed by atoms with E-state index in [4.69, 9.17) is 4.74 Å². The van der Waals surface area contributed by atoms with Crippen molar-refractivity contribution in [2.24, 2.45) is 0 Å². The predicted molar refractivity (Wildman–Crippen MR) is 80.0 cm³/mol. The van der Waals surface area contributed by atoms with Crippen LogP contribution in [-0.2, 0) is 9.53 Å². The molecule has 1 heterocycles. The molecule has 2 N–H and O–H groups in total. The molecule has 0 spiro atoms. The van der Waals surface area contributed by atoms with Crippen LogP contribution in [0.1, 0.15) is 48.0 Å². The van der Waals surface area contributed by atoms with Gasteiger partial charge in [-0.05, 0) is 48.0 Å². The quantitative estimate of drug-likeness (QED) is 0.778. The van der Waals surface area contributed by atoms with Crippen LogP contribution in [0.4, 0.5) is 0 Å². The monoisotopic (exact) mass is 286 g/mol. The maximum absolute atomic E-state index is 11.5. The normalized spacial score (nSPS) is 26.4. The number of carboxylic acids is 1. The first kappa shape index (κ1) is 17.4. The molecule has 0 amide bonds. The van der Waals surface area contributed by atoms with E-state index in [9.17, 15) is 9.90 Å². The Morgan fingerprint density at radius 3 is 2.60 bits per heavy atom. The number of rotatable bonds is 6. The molecule has 5 nitrogen and oxygen atoms in total. The molecule has 20 heavy (non-hydrogen) atoms. The molecule has 0 saturated carbocycles. The molecular formula is C15H30N2O3. The molecule has 0 aromatic carbocycles. The standard InChI is InChI=1S/C15H30N2O3/c1-11(2)16-15(6,13(18)19)7-8-17-9-12(3)20-14(4,5)10-17/h11-12,16H,7-10H2,1-6H3,(H,18,19). The number of hydrogen-bond donors (Lipinski definition) is 2. The Kier molecular flexibility index (Phi) is 5.58. The second-order valence-electron chi connectivity index (χ2n) is 7.11. The number of hydrogen-bond acceptors (Lipinski definition) is 4. The van der Waals surface area contributed by atoms with E-state index in [1.54, 1.807) is 6.92 Å². The Hall–Kier alpha value is -0.650. The van der Waals surface area contributed by atoms with E-state index in [0.717, 1.165) is 19.6 Å². The van der Waals surface area contributed by atoms with Crippen molar-refractivity contribution in [3.63, 3.8) is 0 Å². The molecule has 1 aliphatic heterocycles. The van der Waals surface area contributed by atoms with Gasteiger partial charge < -0.3 is 9.84 Å². The van der Waals surface area contributed by atoms with Crippen molar-refractivity contribution in [3.05, 3.63) is 0 Å². The molecular weight excluding hydrogens is 256 g/mol. The van der Waals surface area contributed by atoms with Crippen LogP contribution in [0.15, 0.2) is 0 Å². The van der Waals surface area contributed by atoms with Gasteiger partial charge in [0.2, 0.25) is 0 Å². The zero-order valence-corrected chi connectivity index (χ0v) is 13.7. The number of ether oxygens (including phenoxy) is 1. The van der Waals surface area contributed by atoms with Crippen molar-refractivity contribution >= 4 is 5.97 Å². The number of morpholine rings is 1. The zero-order chi connectivity index (χ0) is 15.6. The average Bonchev–Trinajstić information content (AvgIpc) is 2.22. The van der Waals surface area contributed by atoms with Crippen LogP contribution in [-0.4, -0.2) is 58.9 Å². The lowest BCUT2D eigenvalue weighted by atomic mass is 9.95. The van der Waals surface area contributed by atoms with Gasteiger partial charge in [0, 0.05) is 25.7 Å². The van der Waals surface area contributed by atoms with Gasteiger partial charge >= 0.3 is 5.97 Å². The lowest BCUT2D eigenvalue weighted by Crippen LogP contribution is -2.56. The van der Waals surface area contributed by atoms with Crippen molar-refractivity contribution in [1.29, 1.82) is 0 Å². The third-order valence-corrected chi connectivity index (χ3v) is 3.65. The molecule has 2 unspecified atom stereocenters. The Morgan fingerprint density at radius 1 is 1.55 bits per heavy atom. The van der Waals surface area contributed by atoms with Crippen molar-refractivity contribution in [1.82, 2.24) is 10.2 Å². The highest BCUT2D eigenvalue weighted by Gasteiger charge is 2.36. The molecule has 0 radical (unpaired) electrons. The summed E-state index contributed by atoms with van der Waals surface area (Å²) >= 11 is 0. The second-order valence-corrected chi connectivity index (χ2v) is 7.11. The lowest BCUT2D eigenvalue weighted by Gasteiger charge is -2.42. The number of aliphatic carboxylic acids is 1. The lowest BCUT2D eigenvalue weighted by molar-refractivity contribution is -0.146. The maximum Gasteiger partial charge on any atom is 0.323 e. The van der Waals surface area contributed by atoms with Crippen molar-refractivity contribution in [2.45, 2.75) is 71.2 Å². The minimum atomic E-state index is -0.875. The van der Waals surface area contributed by atoms with E-state index < -0.39 is 11.5 Å². The number of nitrogens with zero attached hydrogens (tertiary/aromatic N) is 1. The van der Waals surface area contributed by atoms with E-state index in [1.165, 1.54) is 0 Å². The minimum Gasteiger partial charge on any atom is -0.480 e. The summed E-state index contributed by atoms with van der Waals surface area (Å²) in [4.78, 5) is 13.8. The van der Waals surface area contributed by atoms with E-state index in [1.807, 2.05) is 13.8 Å². The molecule has 1 aliphatic rings. The highest BCUT2D eigenvalue weighted by atomic mass is 16.5. The van der Waals surface area contributed by atoms with E-state index >= 15 is 0 Å². The molecule has 2 atom stereocenters. The third-order valence-electron chi connectivity index (χ3n) is 3.65. The number of nitrogens with one attached hydrogen (secondary N) is 1. The smallest absolute Gasteiger partial charge is 0.323 e. The van der Waals surface area contributed by atoms with Gasteiger partial charge in [0.1, 0.15) is 5.54 Å². The molecule has 0 aliphatic carbocycles. The van der Waals surface area contributed by atoms with Gasteiger partial charge in [0.25, 0.3) is 0 Å². The highest BCUT2D eigenvalue weighted by Crippen LogP contribution is 2.22. The average molecular weight is 286 g/mol. The molecule has 1 saturated heterocycles. The summed E-state index contributed by atoms with van der Waals surface area (Å²) in [7, 11) is 0. The Bertz CT molecular complexity index is 344. The second kappa shape index (κ2) is 6.41. The number of carbonyl (C=O) groups is 1. The summed E-state index contributed by atoms with van der Waals surface area (Å²) in [5.74, 6) is -0.785. The predicted octanol–water partition coefficient (Wildman–Crippen LogP) is 1.72. The largest absolute Gasteiger partial charge is 0.480 e. The van der Waals surface area contributed by atoms with Gasteiger partial charge in [-0.1, -0.05) is 0 Å². The topological polar surface area (TPSA) is 61.8 Å². The SMILES string of the molecule is CC(C)NC(C)(CCN1CC(C)OC(C)(C)C1)C(=O)O. The van der Waals surface area contributed by atoms with E-state index in [-0.39, 0.29) is 17.7 Å². The molecule has 0 bridgehead atoms. The zero-order valence-electron chi connectivity index (χ0n) is 13.7. The molecule has 0 aromatic rings. The van der Waals surface area contributed by atoms with Crippen LogP contribution in [0.2, 0.25) is 0 Å². The summed E-state index contributed by atoms with van der Waals surface area (Å²) in [6.07, 6.45) is 0.774. The first-order valence-electron chi connectivity index (χ1n) is 7.45. The fourth-order valence-corrected chi connectivity index (χ4v) is 3.02. The Balaban J connectivity index is 2.61. The third kappa shape index (κ3) is 5.04. The minimum absolute atomic E-state index is 0.149. The van der Waals surface area contributed by atoms with Gasteiger partial charge in [-0.25, -0.2) is 0 Å². The summed E-state index contributed by atoms with van der Waals surface area (Å²) in [6.45, 7) is 14.4. The van der Waals surface area contributed by atoms with Crippen molar-refractivity contribution in [2.75, 3.05) is 19.6 Å². The van der Waals surface area contributed by atoms with Crippen LogP contribution in [0.25, 0.3) is 0 Å². The summed E-state index contributed by atoms with van der Waals surface area (Å²) < 4.78 is 5.87. The van der Waals surface area contributed by atoms with Crippen LogP contribution in [0.5, 0.6) is 0 Å². The summed E-state index contributed by atoms with van der Waals surface area (Å²) in [5.41, 5.74) is -1.04. The van der Waals surface area contributed by atoms with Crippen LogP contribution in [0.3, 0.4) is 0 Å². The molecule has 5 heteroatoms. The molecule has 1 rings (SSSR count).